The van der Waals surface area contributed by atoms with Crippen molar-refractivity contribution in [2.75, 3.05) is 21.3 Å². The molecule has 1 fully saturated rings. The summed E-state index contributed by atoms with van der Waals surface area (Å²) < 4.78 is 49.7. The molecule has 0 radical (unpaired) electrons. The number of nitrogens with zero attached hydrogens (tertiary/aromatic N) is 2. The van der Waals surface area contributed by atoms with Gasteiger partial charge in [-0.2, -0.15) is 0 Å². The van der Waals surface area contributed by atoms with E-state index in [4.69, 9.17) is 18.9 Å². The number of ether oxygens (including phenoxy) is 4. The van der Waals surface area contributed by atoms with E-state index in [0.29, 0.717) is 48.9 Å². The summed E-state index contributed by atoms with van der Waals surface area (Å²) in [5.74, 6) is 1.53. The third-order valence-corrected chi connectivity index (χ3v) is 6.28. The molecule has 1 N–H and O–H groups in total. The third kappa shape index (κ3) is 5.07. The summed E-state index contributed by atoms with van der Waals surface area (Å²) in [6, 6.07) is 4.36. The summed E-state index contributed by atoms with van der Waals surface area (Å²) >= 11 is 0. The molecular weight excluding hydrogens is 398 g/mol. The van der Waals surface area contributed by atoms with Gasteiger partial charge >= 0.3 is 0 Å². The highest BCUT2D eigenvalue weighted by Gasteiger charge is 2.28. The molecule has 0 bridgehead atoms. The van der Waals surface area contributed by atoms with Crippen LogP contribution in [0.15, 0.2) is 35.5 Å². The fourth-order valence-electron chi connectivity index (χ4n) is 3.26. The molecule has 3 rings (SSSR count). The molecule has 0 unspecified atom stereocenters. The Morgan fingerprint density at radius 2 is 1.55 bits per heavy atom. The van der Waals surface area contributed by atoms with Crippen LogP contribution >= 0.6 is 0 Å². The maximum absolute atomic E-state index is 12.8. The van der Waals surface area contributed by atoms with Gasteiger partial charge in [-0.25, -0.2) is 23.1 Å². The van der Waals surface area contributed by atoms with Gasteiger partial charge in [-0.15, -0.1) is 0 Å². The first-order chi connectivity index (χ1) is 14.0. The Labute approximate surface area is 170 Å². The molecule has 10 heteroatoms. The highest BCUT2D eigenvalue weighted by Crippen LogP contribution is 2.31. The molecule has 1 heterocycles. The molecule has 1 aromatic heterocycles. The summed E-state index contributed by atoms with van der Waals surface area (Å²) in [6.45, 7) is 0. The van der Waals surface area contributed by atoms with Crippen molar-refractivity contribution < 1.29 is 27.4 Å². The predicted molar refractivity (Wildman–Crippen MR) is 105 cm³/mol. The standard InChI is InChI=1S/C19H25N3O6S/c1-25-16-9-8-15(12-17(16)26-2)29(23,24)22-13-4-6-14(7-5-13)28-19-18(27-3)20-10-11-21-19/h8-14,22H,4-7H2,1-3H3. The van der Waals surface area contributed by atoms with Crippen LogP contribution in [0.3, 0.4) is 0 Å². The zero-order chi connectivity index (χ0) is 20.9. The van der Waals surface area contributed by atoms with Gasteiger partial charge in [0.25, 0.3) is 11.8 Å². The van der Waals surface area contributed by atoms with Gasteiger partial charge in [-0.3, -0.25) is 0 Å². The molecule has 0 amide bonds. The van der Waals surface area contributed by atoms with Gasteiger partial charge in [0.1, 0.15) is 6.10 Å². The van der Waals surface area contributed by atoms with Crippen molar-refractivity contribution in [1.29, 1.82) is 0 Å². The lowest BCUT2D eigenvalue weighted by Crippen LogP contribution is -2.39. The molecule has 2 aromatic rings. The molecule has 0 saturated heterocycles. The fourth-order valence-corrected chi connectivity index (χ4v) is 4.58. The van der Waals surface area contributed by atoms with Crippen LogP contribution in [0.2, 0.25) is 0 Å². The highest BCUT2D eigenvalue weighted by molar-refractivity contribution is 7.89. The number of benzene rings is 1. The van der Waals surface area contributed by atoms with Crippen LogP contribution in [0.4, 0.5) is 0 Å². The van der Waals surface area contributed by atoms with Crippen molar-refractivity contribution in [3.05, 3.63) is 30.6 Å². The first-order valence-electron chi connectivity index (χ1n) is 9.23. The predicted octanol–water partition coefficient (Wildman–Crippen LogP) is 2.17. The maximum Gasteiger partial charge on any atom is 0.278 e. The van der Waals surface area contributed by atoms with E-state index in [1.807, 2.05) is 0 Å². The first kappa shape index (κ1) is 21.1. The molecule has 29 heavy (non-hydrogen) atoms. The second-order valence-corrected chi connectivity index (χ2v) is 8.31. The van der Waals surface area contributed by atoms with Crippen LogP contribution in [0.25, 0.3) is 0 Å². The molecule has 0 spiro atoms. The summed E-state index contributed by atoms with van der Waals surface area (Å²) in [5.41, 5.74) is 0. The van der Waals surface area contributed by atoms with E-state index in [2.05, 4.69) is 14.7 Å². The fraction of sp³-hybridized carbons (Fsp3) is 0.474. The second-order valence-electron chi connectivity index (χ2n) is 6.60. The third-order valence-electron chi connectivity index (χ3n) is 4.77. The average molecular weight is 423 g/mol. The van der Waals surface area contributed by atoms with Crippen LogP contribution < -0.4 is 23.7 Å². The van der Waals surface area contributed by atoms with Crippen LogP contribution in [-0.4, -0.2) is 51.9 Å². The maximum atomic E-state index is 12.8. The first-order valence-corrected chi connectivity index (χ1v) is 10.7. The highest BCUT2D eigenvalue weighted by atomic mass is 32.2. The van der Waals surface area contributed by atoms with E-state index in [-0.39, 0.29) is 17.0 Å². The minimum atomic E-state index is -3.67. The largest absolute Gasteiger partial charge is 0.493 e. The van der Waals surface area contributed by atoms with Gasteiger partial charge in [0, 0.05) is 24.5 Å². The van der Waals surface area contributed by atoms with Gasteiger partial charge in [0.05, 0.1) is 26.2 Å². The van der Waals surface area contributed by atoms with Crippen LogP contribution in [-0.2, 0) is 10.0 Å². The van der Waals surface area contributed by atoms with Crippen LogP contribution in [0.5, 0.6) is 23.3 Å². The van der Waals surface area contributed by atoms with Gasteiger partial charge in [-0.05, 0) is 37.8 Å². The van der Waals surface area contributed by atoms with Gasteiger partial charge in [0.15, 0.2) is 11.5 Å². The molecule has 1 aliphatic carbocycles. The average Bonchev–Trinajstić information content (AvgIpc) is 2.74. The summed E-state index contributed by atoms with van der Waals surface area (Å²) in [6.07, 6.45) is 5.70. The quantitative estimate of drug-likeness (QED) is 0.688. The molecule has 1 aromatic carbocycles. The van der Waals surface area contributed by atoms with Crippen molar-refractivity contribution in [3.8, 4) is 23.3 Å². The molecule has 1 saturated carbocycles. The number of methoxy groups -OCH3 is 3. The van der Waals surface area contributed by atoms with Crippen molar-refractivity contribution >= 4 is 10.0 Å². The van der Waals surface area contributed by atoms with E-state index in [0.717, 1.165) is 0 Å². The smallest absolute Gasteiger partial charge is 0.278 e. The lowest BCUT2D eigenvalue weighted by molar-refractivity contribution is 0.132. The van der Waals surface area contributed by atoms with E-state index in [9.17, 15) is 8.42 Å². The van der Waals surface area contributed by atoms with Crippen molar-refractivity contribution in [2.45, 2.75) is 42.7 Å². The topological polar surface area (TPSA) is 109 Å². The Balaban J connectivity index is 1.60. The number of aromatic nitrogens is 2. The van der Waals surface area contributed by atoms with Gasteiger partial charge in [-0.1, -0.05) is 0 Å². The van der Waals surface area contributed by atoms with E-state index in [1.54, 1.807) is 12.3 Å². The number of hydrogen-bond donors (Lipinski definition) is 1. The Morgan fingerprint density at radius 3 is 2.17 bits per heavy atom. The monoisotopic (exact) mass is 423 g/mol. The van der Waals surface area contributed by atoms with Crippen LogP contribution in [0, 0.1) is 0 Å². The number of rotatable bonds is 8. The summed E-state index contributed by atoms with van der Waals surface area (Å²) in [4.78, 5) is 8.35. The number of sulfonamides is 1. The Kier molecular flexibility index (Phi) is 6.75. The van der Waals surface area contributed by atoms with Crippen LogP contribution in [0.1, 0.15) is 25.7 Å². The molecule has 9 nitrogen and oxygen atoms in total. The second kappa shape index (κ2) is 9.27. The molecular formula is C19H25N3O6S. The Morgan fingerprint density at radius 1 is 0.897 bits per heavy atom. The lowest BCUT2D eigenvalue weighted by atomic mass is 9.94. The van der Waals surface area contributed by atoms with Crippen molar-refractivity contribution in [1.82, 2.24) is 14.7 Å². The van der Waals surface area contributed by atoms with Crippen molar-refractivity contribution in [3.63, 3.8) is 0 Å². The molecule has 158 valence electrons. The summed E-state index contributed by atoms with van der Waals surface area (Å²) in [7, 11) is 0.806. The van der Waals surface area contributed by atoms with E-state index >= 15 is 0 Å². The Hall–Kier alpha value is -2.59. The minimum absolute atomic E-state index is 0.0672. The normalized spacial score (nSPS) is 19.4. The lowest BCUT2D eigenvalue weighted by Gasteiger charge is -2.29. The zero-order valence-electron chi connectivity index (χ0n) is 16.6. The Bertz CT molecular complexity index is 929. The van der Waals surface area contributed by atoms with E-state index < -0.39 is 10.0 Å². The molecule has 1 aliphatic rings. The van der Waals surface area contributed by atoms with Gasteiger partial charge < -0.3 is 18.9 Å². The number of hydrogen-bond acceptors (Lipinski definition) is 8. The molecule has 0 aliphatic heterocycles. The minimum Gasteiger partial charge on any atom is -0.493 e. The summed E-state index contributed by atoms with van der Waals surface area (Å²) in [5, 5.41) is 0. The van der Waals surface area contributed by atoms with E-state index in [1.165, 1.54) is 39.7 Å². The van der Waals surface area contributed by atoms with Crippen molar-refractivity contribution in [2.24, 2.45) is 0 Å². The van der Waals surface area contributed by atoms with Gasteiger partial charge in [0.2, 0.25) is 10.0 Å². The SMILES string of the molecule is COc1ccc(S(=O)(=O)NC2CCC(Oc3nccnc3OC)CC2)cc1OC. The molecule has 0 atom stereocenters. The number of nitrogens with one attached hydrogen (secondary N) is 1. The zero-order valence-corrected chi connectivity index (χ0v) is 17.4.